The average Bonchev–Trinajstić information content (AvgIpc) is 2.16. The van der Waals surface area contributed by atoms with E-state index in [1.165, 1.54) is 13.8 Å². The highest BCUT2D eigenvalue weighted by atomic mass is 32.2. The fraction of sp³-hybridized carbons (Fsp3) is 0.800. The molecule has 0 aliphatic heterocycles. The van der Waals surface area contributed by atoms with Gasteiger partial charge in [0.05, 0.1) is 0 Å². The van der Waals surface area contributed by atoms with E-state index in [0.717, 1.165) is 6.42 Å². The SMILES string of the molecule is CCC(C)NC(=O)CS(=O)C(C)(C)C(=O)O. The normalized spacial score (nSPS) is 15.2. The minimum atomic E-state index is -1.72. The number of rotatable bonds is 6. The highest BCUT2D eigenvalue weighted by Crippen LogP contribution is 2.13. The van der Waals surface area contributed by atoms with Gasteiger partial charge in [0.25, 0.3) is 0 Å². The van der Waals surface area contributed by atoms with Gasteiger partial charge in [-0.3, -0.25) is 13.8 Å². The largest absolute Gasteiger partial charge is 0.480 e. The summed E-state index contributed by atoms with van der Waals surface area (Å²) in [5, 5.41) is 11.5. The summed E-state index contributed by atoms with van der Waals surface area (Å²) < 4.78 is 10.3. The predicted octanol–water partition coefficient (Wildman–Crippen LogP) is 0.513. The van der Waals surface area contributed by atoms with Crippen molar-refractivity contribution in [1.82, 2.24) is 5.32 Å². The number of carbonyl (C=O) groups excluding carboxylic acids is 1. The lowest BCUT2D eigenvalue weighted by Gasteiger charge is -2.19. The maximum absolute atomic E-state index is 11.7. The molecule has 0 saturated carbocycles. The summed E-state index contributed by atoms with van der Waals surface area (Å²) >= 11 is 0. The summed E-state index contributed by atoms with van der Waals surface area (Å²) in [4.78, 5) is 22.2. The third kappa shape index (κ3) is 4.30. The van der Waals surface area contributed by atoms with Gasteiger partial charge in [-0.2, -0.15) is 0 Å². The van der Waals surface area contributed by atoms with Crippen molar-refractivity contribution in [3.8, 4) is 0 Å². The molecule has 2 unspecified atom stereocenters. The van der Waals surface area contributed by atoms with Crippen molar-refractivity contribution in [3.63, 3.8) is 0 Å². The van der Waals surface area contributed by atoms with Crippen LogP contribution in [0.25, 0.3) is 0 Å². The van der Waals surface area contributed by atoms with Gasteiger partial charge in [-0.15, -0.1) is 0 Å². The molecule has 2 N–H and O–H groups in total. The summed E-state index contributed by atoms with van der Waals surface area (Å²) in [6, 6.07) is 0.0115. The molecule has 0 spiro atoms. The lowest BCUT2D eigenvalue weighted by Crippen LogP contribution is -2.43. The molecular weight excluding hydrogens is 230 g/mol. The maximum atomic E-state index is 11.7. The summed E-state index contributed by atoms with van der Waals surface area (Å²) in [5.41, 5.74) is 0. The van der Waals surface area contributed by atoms with E-state index in [0.29, 0.717) is 0 Å². The Labute approximate surface area is 98.1 Å². The third-order valence-corrected chi connectivity index (χ3v) is 4.20. The molecule has 0 saturated heterocycles. The van der Waals surface area contributed by atoms with E-state index in [9.17, 15) is 13.8 Å². The third-order valence-electron chi connectivity index (χ3n) is 2.37. The fourth-order valence-electron chi connectivity index (χ4n) is 0.815. The minimum Gasteiger partial charge on any atom is -0.480 e. The molecule has 0 radical (unpaired) electrons. The van der Waals surface area contributed by atoms with Crippen LogP contribution in [0.5, 0.6) is 0 Å². The van der Waals surface area contributed by atoms with Gasteiger partial charge in [-0.05, 0) is 27.2 Å². The Kier molecular flexibility index (Phi) is 5.64. The highest BCUT2D eigenvalue weighted by Gasteiger charge is 2.35. The zero-order valence-corrected chi connectivity index (χ0v) is 10.9. The maximum Gasteiger partial charge on any atom is 0.321 e. The van der Waals surface area contributed by atoms with E-state index < -0.39 is 21.5 Å². The standard InChI is InChI=1S/C10H19NO4S/c1-5-7(2)11-8(12)6-16(15)10(3,4)9(13)14/h7H,5-6H2,1-4H3,(H,11,12)(H,13,14). The van der Waals surface area contributed by atoms with Crippen LogP contribution in [0.3, 0.4) is 0 Å². The summed E-state index contributed by atoms with van der Waals surface area (Å²) in [6.07, 6.45) is 0.778. The Bertz CT molecular complexity index is 301. The van der Waals surface area contributed by atoms with Gasteiger partial charge in [0.15, 0.2) is 0 Å². The first-order valence-corrected chi connectivity index (χ1v) is 6.45. The van der Waals surface area contributed by atoms with Crippen LogP contribution in [0.1, 0.15) is 34.1 Å². The molecule has 0 aromatic rings. The van der Waals surface area contributed by atoms with Crippen LogP contribution in [0.15, 0.2) is 0 Å². The van der Waals surface area contributed by atoms with Gasteiger partial charge in [0, 0.05) is 16.8 Å². The summed E-state index contributed by atoms with van der Waals surface area (Å²) in [6.45, 7) is 6.45. The lowest BCUT2D eigenvalue weighted by atomic mass is 10.2. The van der Waals surface area contributed by atoms with Crippen LogP contribution < -0.4 is 5.32 Å². The van der Waals surface area contributed by atoms with Crippen molar-refractivity contribution in [1.29, 1.82) is 0 Å². The minimum absolute atomic E-state index is 0.0115. The fourth-order valence-corrected chi connectivity index (χ4v) is 1.69. The van der Waals surface area contributed by atoms with Gasteiger partial charge in [0.1, 0.15) is 10.5 Å². The average molecular weight is 249 g/mol. The van der Waals surface area contributed by atoms with Crippen molar-refractivity contribution in [2.75, 3.05) is 5.75 Å². The Morgan fingerprint density at radius 2 is 1.94 bits per heavy atom. The number of amides is 1. The van der Waals surface area contributed by atoms with E-state index in [1.54, 1.807) is 0 Å². The van der Waals surface area contributed by atoms with E-state index in [4.69, 9.17) is 5.11 Å². The van der Waals surface area contributed by atoms with Crippen molar-refractivity contribution < 1.29 is 18.9 Å². The van der Waals surface area contributed by atoms with Gasteiger partial charge in [-0.1, -0.05) is 6.92 Å². The molecule has 6 heteroatoms. The second-order valence-corrected chi connectivity index (χ2v) is 6.18. The van der Waals surface area contributed by atoms with E-state index >= 15 is 0 Å². The van der Waals surface area contributed by atoms with Gasteiger partial charge in [-0.25, -0.2) is 0 Å². The molecule has 0 bridgehead atoms. The smallest absolute Gasteiger partial charge is 0.321 e. The summed E-state index contributed by atoms with van der Waals surface area (Å²) in [7, 11) is -1.72. The van der Waals surface area contributed by atoms with Crippen molar-refractivity contribution in [3.05, 3.63) is 0 Å². The first kappa shape index (κ1) is 15.1. The molecule has 0 aliphatic carbocycles. The van der Waals surface area contributed by atoms with E-state index in [-0.39, 0.29) is 17.7 Å². The predicted molar refractivity (Wildman–Crippen MR) is 62.6 cm³/mol. The molecule has 5 nitrogen and oxygen atoms in total. The molecule has 0 heterocycles. The molecule has 94 valence electrons. The van der Waals surface area contributed by atoms with Crippen LogP contribution >= 0.6 is 0 Å². The van der Waals surface area contributed by atoms with E-state index in [2.05, 4.69) is 5.32 Å². The number of hydrogen-bond acceptors (Lipinski definition) is 3. The van der Waals surface area contributed by atoms with E-state index in [1.807, 2.05) is 13.8 Å². The molecule has 0 fully saturated rings. The van der Waals surface area contributed by atoms with Crippen molar-refractivity contribution in [2.24, 2.45) is 0 Å². The second-order valence-electron chi connectivity index (χ2n) is 4.18. The van der Waals surface area contributed by atoms with Crippen LogP contribution in [0.4, 0.5) is 0 Å². The first-order chi connectivity index (χ1) is 7.21. The van der Waals surface area contributed by atoms with Crippen molar-refractivity contribution in [2.45, 2.75) is 44.9 Å². The number of nitrogens with one attached hydrogen (secondary N) is 1. The van der Waals surface area contributed by atoms with Crippen LogP contribution in [0, 0.1) is 0 Å². The Balaban J connectivity index is 4.36. The second kappa shape index (κ2) is 5.98. The number of aliphatic carboxylic acids is 1. The Morgan fingerprint density at radius 3 is 2.31 bits per heavy atom. The quantitative estimate of drug-likeness (QED) is 0.718. The van der Waals surface area contributed by atoms with Crippen LogP contribution in [-0.2, 0) is 20.4 Å². The monoisotopic (exact) mass is 249 g/mol. The number of hydrogen-bond donors (Lipinski definition) is 2. The highest BCUT2D eigenvalue weighted by molar-refractivity contribution is 7.87. The number of carbonyl (C=O) groups is 2. The first-order valence-electron chi connectivity index (χ1n) is 5.13. The molecule has 0 aromatic heterocycles. The van der Waals surface area contributed by atoms with Gasteiger partial charge < -0.3 is 10.4 Å². The topological polar surface area (TPSA) is 83.5 Å². The Morgan fingerprint density at radius 1 is 1.44 bits per heavy atom. The molecular formula is C10H19NO4S. The van der Waals surface area contributed by atoms with Gasteiger partial charge in [0.2, 0.25) is 5.91 Å². The van der Waals surface area contributed by atoms with Crippen LogP contribution in [-0.4, -0.2) is 37.7 Å². The number of carboxylic acids is 1. The van der Waals surface area contributed by atoms with Crippen molar-refractivity contribution >= 4 is 22.7 Å². The molecule has 2 atom stereocenters. The molecule has 0 aromatic carbocycles. The van der Waals surface area contributed by atoms with Crippen LogP contribution in [0.2, 0.25) is 0 Å². The Hall–Kier alpha value is -0.910. The summed E-state index contributed by atoms with van der Waals surface area (Å²) in [5.74, 6) is -1.81. The molecule has 16 heavy (non-hydrogen) atoms. The lowest BCUT2D eigenvalue weighted by molar-refractivity contribution is -0.139. The number of carboxylic acid groups (broad SMARTS) is 1. The zero-order valence-electron chi connectivity index (χ0n) is 10.1. The molecule has 0 rings (SSSR count). The zero-order chi connectivity index (χ0) is 12.9. The van der Waals surface area contributed by atoms with Gasteiger partial charge >= 0.3 is 5.97 Å². The molecule has 1 amide bonds. The molecule has 0 aliphatic rings.